The molecule has 2 heterocycles. The fourth-order valence-corrected chi connectivity index (χ4v) is 2.63. The zero-order chi connectivity index (χ0) is 14.3. The Bertz CT molecular complexity index is 700. The maximum absolute atomic E-state index is 12.3. The zero-order valence-corrected chi connectivity index (χ0v) is 12.6. The number of nitrogens with two attached hydrogens (primary N) is 1. The summed E-state index contributed by atoms with van der Waals surface area (Å²) >= 11 is 3.43. The van der Waals surface area contributed by atoms with Crippen LogP contribution in [-0.4, -0.2) is 10.9 Å². The van der Waals surface area contributed by atoms with Gasteiger partial charge in [0.1, 0.15) is 5.82 Å². The highest BCUT2D eigenvalue weighted by Crippen LogP contribution is 2.35. The van der Waals surface area contributed by atoms with Crippen LogP contribution >= 0.6 is 15.9 Å². The quantitative estimate of drug-likeness (QED) is 0.815. The van der Waals surface area contributed by atoms with E-state index >= 15 is 0 Å². The summed E-state index contributed by atoms with van der Waals surface area (Å²) in [6.07, 6.45) is 2.93. The molecule has 0 spiro atoms. The second-order valence-electron chi connectivity index (χ2n) is 4.91. The zero-order valence-electron chi connectivity index (χ0n) is 11.1. The van der Waals surface area contributed by atoms with Gasteiger partial charge in [-0.15, -0.1) is 0 Å². The van der Waals surface area contributed by atoms with E-state index in [1.165, 1.54) is 0 Å². The molecule has 5 heteroatoms. The smallest absolute Gasteiger partial charge is 0.233 e. The number of pyridine rings is 1. The van der Waals surface area contributed by atoms with Crippen molar-refractivity contribution in [1.29, 1.82) is 0 Å². The average Bonchev–Trinajstić information content (AvgIpc) is 2.42. The van der Waals surface area contributed by atoms with E-state index in [1.54, 1.807) is 11.1 Å². The Balaban J connectivity index is 2.13. The van der Waals surface area contributed by atoms with Gasteiger partial charge in [-0.25, -0.2) is 4.98 Å². The van der Waals surface area contributed by atoms with Crippen molar-refractivity contribution in [3.8, 4) is 0 Å². The third-order valence-corrected chi connectivity index (χ3v) is 4.29. The third-order valence-electron chi connectivity index (χ3n) is 3.46. The summed E-state index contributed by atoms with van der Waals surface area (Å²) in [6.45, 7) is 1.98. The van der Waals surface area contributed by atoms with Crippen molar-refractivity contribution in [2.75, 3.05) is 10.6 Å². The highest BCUT2D eigenvalue weighted by Gasteiger charge is 2.26. The van der Waals surface area contributed by atoms with Crippen LogP contribution in [0.5, 0.6) is 0 Å². The van der Waals surface area contributed by atoms with Gasteiger partial charge < -0.3 is 5.73 Å². The number of carbonyl (C=O) groups excluding carboxylic acids is 1. The minimum absolute atomic E-state index is 0.0662. The van der Waals surface area contributed by atoms with Crippen LogP contribution in [0.4, 0.5) is 17.2 Å². The Hall–Kier alpha value is -1.88. The van der Waals surface area contributed by atoms with E-state index in [2.05, 4.69) is 20.9 Å². The lowest BCUT2D eigenvalue weighted by molar-refractivity contribution is -0.118. The first-order valence-electron chi connectivity index (χ1n) is 6.40. The summed E-state index contributed by atoms with van der Waals surface area (Å²) < 4.78 is 0.934. The van der Waals surface area contributed by atoms with Gasteiger partial charge in [-0.3, -0.25) is 9.69 Å². The molecule has 0 radical (unpaired) electrons. The Morgan fingerprint density at radius 1 is 1.30 bits per heavy atom. The molecule has 0 unspecified atom stereocenters. The van der Waals surface area contributed by atoms with Crippen molar-refractivity contribution in [3.63, 3.8) is 0 Å². The molecule has 4 nitrogen and oxygen atoms in total. The molecule has 0 aliphatic carbocycles. The Kier molecular flexibility index (Phi) is 3.22. The Morgan fingerprint density at radius 2 is 2.10 bits per heavy atom. The van der Waals surface area contributed by atoms with Gasteiger partial charge in [-0.1, -0.05) is 0 Å². The van der Waals surface area contributed by atoms with E-state index in [0.29, 0.717) is 12.2 Å². The molecular formula is C15H14BrN3O. The van der Waals surface area contributed by atoms with Crippen LogP contribution in [0.2, 0.25) is 0 Å². The molecule has 2 aromatic rings. The standard InChI is InChI=1S/C15H14BrN3O/c1-9-6-14(18-8-12(9)16)19-13-4-3-11(17)7-10(13)2-5-15(19)20/h3-4,6-8H,2,5,17H2,1H3. The number of benzene rings is 1. The monoisotopic (exact) mass is 331 g/mol. The Morgan fingerprint density at radius 3 is 2.85 bits per heavy atom. The van der Waals surface area contributed by atoms with Crippen LogP contribution in [0.25, 0.3) is 0 Å². The maximum Gasteiger partial charge on any atom is 0.233 e. The first-order chi connectivity index (χ1) is 9.56. The predicted molar refractivity (Wildman–Crippen MR) is 83.0 cm³/mol. The average molecular weight is 332 g/mol. The lowest BCUT2D eigenvalue weighted by Crippen LogP contribution is -2.31. The third kappa shape index (κ3) is 2.18. The lowest BCUT2D eigenvalue weighted by Gasteiger charge is -2.29. The molecule has 20 heavy (non-hydrogen) atoms. The van der Waals surface area contributed by atoms with Gasteiger partial charge in [0.2, 0.25) is 5.91 Å². The van der Waals surface area contributed by atoms with Crippen LogP contribution in [0.3, 0.4) is 0 Å². The largest absolute Gasteiger partial charge is 0.399 e. The molecule has 0 saturated carbocycles. The number of aromatic nitrogens is 1. The van der Waals surface area contributed by atoms with Crippen LogP contribution in [0.1, 0.15) is 17.5 Å². The number of carbonyl (C=O) groups is 1. The minimum Gasteiger partial charge on any atom is -0.399 e. The van der Waals surface area contributed by atoms with Crippen LogP contribution in [0.15, 0.2) is 34.9 Å². The van der Waals surface area contributed by atoms with Gasteiger partial charge in [0.15, 0.2) is 0 Å². The summed E-state index contributed by atoms with van der Waals surface area (Å²) in [4.78, 5) is 18.3. The maximum atomic E-state index is 12.3. The molecule has 0 bridgehead atoms. The number of halogens is 1. The summed E-state index contributed by atoms with van der Waals surface area (Å²) in [5, 5.41) is 0. The van der Waals surface area contributed by atoms with Crippen molar-refractivity contribution in [3.05, 3.63) is 46.1 Å². The van der Waals surface area contributed by atoms with E-state index in [0.717, 1.165) is 33.4 Å². The molecule has 3 rings (SSSR count). The number of anilines is 3. The Labute approximate surface area is 125 Å². The highest BCUT2D eigenvalue weighted by molar-refractivity contribution is 9.10. The summed E-state index contributed by atoms with van der Waals surface area (Å²) in [5.74, 6) is 0.720. The molecular weight excluding hydrogens is 318 g/mol. The van der Waals surface area contributed by atoms with Crippen LogP contribution in [0, 0.1) is 6.92 Å². The number of fused-ring (bicyclic) bond motifs is 1. The first kappa shape index (κ1) is 13.1. The van der Waals surface area contributed by atoms with E-state index in [4.69, 9.17) is 5.73 Å². The van der Waals surface area contributed by atoms with Gasteiger partial charge in [0.25, 0.3) is 0 Å². The summed E-state index contributed by atoms with van der Waals surface area (Å²) in [6, 6.07) is 7.55. The highest BCUT2D eigenvalue weighted by atomic mass is 79.9. The van der Waals surface area contributed by atoms with E-state index in [9.17, 15) is 4.79 Å². The summed E-state index contributed by atoms with van der Waals surface area (Å²) in [7, 11) is 0. The lowest BCUT2D eigenvalue weighted by atomic mass is 10.0. The molecule has 1 aromatic heterocycles. The molecule has 1 aliphatic heterocycles. The van der Waals surface area contributed by atoms with Gasteiger partial charge >= 0.3 is 0 Å². The van der Waals surface area contributed by atoms with Crippen molar-refractivity contribution in [2.45, 2.75) is 19.8 Å². The van der Waals surface area contributed by atoms with E-state index in [1.807, 2.05) is 31.2 Å². The van der Waals surface area contributed by atoms with Gasteiger partial charge in [-0.05, 0) is 64.7 Å². The number of rotatable bonds is 1. The molecule has 0 saturated heterocycles. The fraction of sp³-hybridized carbons (Fsp3) is 0.200. The SMILES string of the molecule is Cc1cc(N2C(=O)CCc3cc(N)ccc32)ncc1Br. The molecule has 0 atom stereocenters. The van der Waals surface area contributed by atoms with E-state index < -0.39 is 0 Å². The van der Waals surface area contributed by atoms with Crippen LogP contribution in [-0.2, 0) is 11.2 Å². The van der Waals surface area contributed by atoms with E-state index in [-0.39, 0.29) is 5.91 Å². The number of amides is 1. The number of aryl methyl sites for hydroxylation is 2. The molecule has 1 aliphatic rings. The van der Waals surface area contributed by atoms with Crippen LogP contribution < -0.4 is 10.6 Å². The number of hydrogen-bond donors (Lipinski definition) is 1. The predicted octanol–water partition coefficient (Wildman–Crippen LogP) is 3.35. The van der Waals surface area contributed by atoms with Gasteiger partial charge in [0, 0.05) is 22.8 Å². The molecule has 1 aromatic carbocycles. The topological polar surface area (TPSA) is 59.2 Å². The first-order valence-corrected chi connectivity index (χ1v) is 7.19. The second-order valence-corrected chi connectivity index (χ2v) is 5.76. The second kappa shape index (κ2) is 4.90. The summed E-state index contributed by atoms with van der Waals surface area (Å²) in [5.41, 5.74) is 9.56. The van der Waals surface area contributed by atoms with Crippen molar-refractivity contribution in [1.82, 2.24) is 4.98 Å². The molecule has 1 amide bonds. The van der Waals surface area contributed by atoms with Gasteiger partial charge in [-0.2, -0.15) is 0 Å². The molecule has 0 fully saturated rings. The number of hydrogen-bond acceptors (Lipinski definition) is 3. The van der Waals surface area contributed by atoms with Gasteiger partial charge in [0.05, 0.1) is 5.69 Å². The minimum atomic E-state index is 0.0662. The number of nitrogen functional groups attached to an aromatic ring is 1. The van der Waals surface area contributed by atoms with Crippen molar-refractivity contribution < 1.29 is 4.79 Å². The van der Waals surface area contributed by atoms with Crippen molar-refractivity contribution in [2.24, 2.45) is 0 Å². The molecule has 2 N–H and O–H groups in total. The number of nitrogens with zero attached hydrogens (tertiary/aromatic N) is 2. The molecule has 102 valence electrons. The normalized spacial score (nSPS) is 14.3. The van der Waals surface area contributed by atoms with Crippen molar-refractivity contribution >= 4 is 39.0 Å². The fourth-order valence-electron chi connectivity index (χ4n) is 2.41.